The van der Waals surface area contributed by atoms with Crippen molar-refractivity contribution in [1.82, 2.24) is 0 Å². The van der Waals surface area contributed by atoms with Crippen LogP contribution in [0.5, 0.6) is 11.5 Å². The van der Waals surface area contributed by atoms with E-state index in [-0.39, 0.29) is 5.97 Å². The van der Waals surface area contributed by atoms with Gasteiger partial charge in [0.2, 0.25) is 0 Å². The fraction of sp³-hybridized carbons (Fsp3) is 0.581. The highest BCUT2D eigenvalue weighted by molar-refractivity contribution is 5.91. The van der Waals surface area contributed by atoms with Gasteiger partial charge in [-0.25, -0.2) is 4.79 Å². The fourth-order valence-corrected chi connectivity index (χ4v) is 3.78. The molecule has 194 valence electrons. The lowest BCUT2D eigenvalue weighted by Crippen LogP contribution is -2.08. The van der Waals surface area contributed by atoms with Gasteiger partial charge < -0.3 is 14.2 Å². The number of carbonyl (C=O) groups excluding carboxylic acids is 1. The summed E-state index contributed by atoms with van der Waals surface area (Å²) in [5.74, 6) is 1.60. The second-order valence-electron chi connectivity index (χ2n) is 9.57. The number of aryl methyl sites for hydroxylation is 1. The van der Waals surface area contributed by atoms with Crippen LogP contribution >= 0.6 is 0 Å². The number of hydrogen-bond acceptors (Lipinski definition) is 4. The molecular formula is C31H46O4. The van der Waals surface area contributed by atoms with Gasteiger partial charge in [-0.15, -0.1) is 0 Å². The maximum atomic E-state index is 12.5. The van der Waals surface area contributed by atoms with Crippen molar-refractivity contribution in [1.29, 1.82) is 0 Å². The van der Waals surface area contributed by atoms with Crippen molar-refractivity contribution in [3.05, 3.63) is 59.7 Å². The van der Waals surface area contributed by atoms with Gasteiger partial charge in [0.1, 0.15) is 11.5 Å². The molecule has 1 atom stereocenters. The summed E-state index contributed by atoms with van der Waals surface area (Å²) in [5, 5.41) is 0. The van der Waals surface area contributed by atoms with E-state index < -0.39 is 0 Å². The summed E-state index contributed by atoms with van der Waals surface area (Å²) in [6.45, 7) is 8.97. The molecule has 4 nitrogen and oxygen atoms in total. The minimum absolute atomic E-state index is 0.346. The van der Waals surface area contributed by atoms with E-state index in [1.807, 2.05) is 36.4 Å². The van der Waals surface area contributed by atoms with Crippen molar-refractivity contribution in [3.63, 3.8) is 0 Å². The molecule has 0 saturated carbocycles. The van der Waals surface area contributed by atoms with Crippen molar-refractivity contribution in [2.75, 3.05) is 19.8 Å². The minimum Gasteiger partial charge on any atom is -0.494 e. The molecule has 0 aliphatic rings. The standard InChI is InChI=1S/C31H46O4/c1-4-6-7-8-9-10-11-12-24-34-29-19-21-30(22-20-29)35-31(32)28-17-15-27(16-18-28)14-13-23-33-25-26(3)5-2/h15-22,26H,4-14,23-25H2,1-3H3. The lowest BCUT2D eigenvalue weighted by atomic mass is 10.1. The zero-order chi connectivity index (χ0) is 25.1. The van der Waals surface area contributed by atoms with Crippen LogP contribution in [0.2, 0.25) is 0 Å². The van der Waals surface area contributed by atoms with Crippen LogP contribution in [0.25, 0.3) is 0 Å². The predicted molar refractivity (Wildman–Crippen MR) is 145 cm³/mol. The molecule has 0 amide bonds. The quantitative estimate of drug-likeness (QED) is 0.114. The largest absolute Gasteiger partial charge is 0.494 e. The van der Waals surface area contributed by atoms with E-state index in [4.69, 9.17) is 14.2 Å². The average Bonchev–Trinajstić information content (AvgIpc) is 2.88. The first-order valence-electron chi connectivity index (χ1n) is 13.7. The molecule has 0 saturated heterocycles. The molecule has 0 aliphatic heterocycles. The first kappa shape index (κ1) is 28.9. The van der Waals surface area contributed by atoms with Gasteiger partial charge in [-0.1, -0.05) is 84.3 Å². The summed E-state index contributed by atoms with van der Waals surface area (Å²) in [7, 11) is 0. The summed E-state index contributed by atoms with van der Waals surface area (Å²) in [6.07, 6.45) is 13.4. The molecule has 0 aromatic heterocycles. The molecule has 0 spiro atoms. The Morgan fingerprint density at radius 1 is 0.743 bits per heavy atom. The predicted octanol–water partition coefficient (Wildman–Crippen LogP) is 8.42. The van der Waals surface area contributed by atoms with Crippen molar-refractivity contribution in [2.45, 2.75) is 91.4 Å². The lowest BCUT2D eigenvalue weighted by molar-refractivity contribution is 0.0734. The highest BCUT2D eigenvalue weighted by Crippen LogP contribution is 2.20. The van der Waals surface area contributed by atoms with Gasteiger partial charge in [-0.2, -0.15) is 0 Å². The average molecular weight is 483 g/mol. The van der Waals surface area contributed by atoms with Crippen LogP contribution < -0.4 is 9.47 Å². The minimum atomic E-state index is -0.346. The third-order valence-corrected chi connectivity index (χ3v) is 6.34. The van der Waals surface area contributed by atoms with Crippen LogP contribution in [-0.4, -0.2) is 25.8 Å². The number of benzene rings is 2. The van der Waals surface area contributed by atoms with Crippen LogP contribution in [0.1, 0.15) is 101 Å². The zero-order valence-electron chi connectivity index (χ0n) is 22.2. The highest BCUT2D eigenvalue weighted by atomic mass is 16.5. The van der Waals surface area contributed by atoms with Crippen molar-refractivity contribution in [2.24, 2.45) is 5.92 Å². The Bertz CT molecular complexity index is 798. The Hall–Kier alpha value is -2.33. The topological polar surface area (TPSA) is 44.8 Å². The van der Waals surface area contributed by atoms with Crippen molar-refractivity contribution < 1.29 is 19.0 Å². The van der Waals surface area contributed by atoms with Gasteiger partial charge in [0.25, 0.3) is 0 Å². The summed E-state index contributed by atoms with van der Waals surface area (Å²) < 4.78 is 17.1. The number of hydrogen-bond donors (Lipinski definition) is 0. The van der Waals surface area contributed by atoms with Gasteiger partial charge in [0.05, 0.1) is 12.2 Å². The fourth-order valence-electron chi connectivity index (χ4n) is 3.78. The molecule has 4 heteroatoms. The molecule has 0 fully saturated rings. The Morgan fingerprint density at radius 3 is 2.03 bits per heavy atom. The van der Waals surface area contributed by atoms with E-state index in [1.54, 1.807) is 12.1 Å². The second kappa shape index (κ2) is 18.0. The first-order valence-corrected chi connectivity index (χ1v) is 13.7. The molecule has 0 aliphatic carbocycles. The number of carbonyl (C=O) groups is 1. The van der Waals surface area contributed by atoms with E-state index in [2.05, 4.69) is 20.8 Å². The van der Waals surface area contributed by atoms with E-state index >= 15 is 0 Å². The van der Waals surface area contributed by atoms with Gasteiger partial charge in [-0.05, 0) is 67.1 Å². The Balaban J connectivity index is 1.62. The molecule has 1 unspecified atom stereocenters. The van der Waals surface area contributed by atoms with Gasteiger partial charge in [-0.3, -0.25) is 0 Å². The third kappa shape index (κ3) is 12.8. The normalized spacial score (nSPS) is 11.9. The highest BCUT2D eigenvalue weighted by Gasteiger charge is 2.09. The number of esters is 1. The molecule has 35 heavy (non-hydrogen) atoms. The summed E-state index contributed by atoms with van der Waals surface area (Å²) in [4.78, 5) is 12.5. The van der Waals surface area contributed by atoms with E-state index in [0.717, 1.165) is 51.3 Å². The first-order chi connectivity index (χ1) is 17.1. The van der Waals surface area contributed by atoms with Crippen LogP contribution in [-0.2, 0) is 11.2 Å². The lowest BCUT2D eigenvalue weighted by Gasteiger charge is -2.09. The molecular weight excluding hydrogens is 436 g/mol. The van der Waals surface area contributed by atoms with Crippen molar-refractivity contribution >= 4 is 5.97 Å². The molecule has 0 heterocycles. The third-order valence-electron chi connectivity index (χ3n) is 6.34. The van der Waals surface area contributed by atoms with Crippen LogP contribution in [0.3, 0.4) is 0 Å². The Labute approximate surface area is 213 Å². The van der Waals surface area contributed by atoms with Gasteiger partial charge >= 0.3 is 5.97 Å². The molecule has 2 aromatic rings. The summed E-state index contributed by atoms with van der Waals surface area (Å²) in [6, 6.07) is 14.9. The number of rotatable bonds is 19. The zero-order valence-corrected chi connectivity index (χ0v) is 22.2. The Morgan fingerprint density at radius 2 is 1.37 bits per heavy atom. The van der Waals surface area contributed by atoms with Crippen LogP contribution in [0.4, 0.5) is 0 Å². The van der Waals surface area contributed by atoms with Gasteiger partial charge in [0, 0.05) is 13.2 Å². The Kier molecular flexibility index (Phi) is 14.9. The molecule has 0 radical (unpaired) electrons. The smallest absolute Gasteiger partial charge is 0.343 e. The molecule has 2 rings (SSSR count). The molecule has 2 aromatic carbocycles. The SMILES string of the molecule is CCCCCCCCCCOc1ccc(OC(=O)c2ccc(CCCOCC(C)CC)cc2)cc1. The summed E-state index contributed by atoms with van der Waals surface area (Å²) in [5.41, 5.74) is 1.75. The van der Waals surface area contributed by atoms with E-state index in [0.29, 0.717) is 17.2 Å². The maximum absolute atomic E-state index is 12.5. The maximum Gasteiger partial charge on any atom is 0.343 e. The van der Waals surface area contributed by atoms with Crippen LogP contribution in [0, 0.1) is 5.92 Å². The number of ether oxygens (including phenoxy) is 3. The molecule has 0 bridgehead atoms. The van der Waals surface area contributed by atoms with Gasteiger partial charge in [0.15, 0.2) is 0 Å². The van der Waals surface area contributed by atoms with E-state index in [9.17, 15) is 4.79 Å². The van der Waals surface area contributed by atoms with Crippen LogP contribution in [0.15, 0.2) is 48.5 Å². The number of unbranched alkanes of at least 4 members (excludes halogenated alkanes) is 7. The molecule has 0 N–H and O–H groups in total. The summed E-state index contributed by atoms with van der Waals surface area (Å²) >= 11 is 0. The van der Waals surface area contributed by atoms with E-state index in [1.165, 1.54) is 50.5 Å². The van der Waals surface area contributed by atoms with Crippen molar-refractivity contribution in [3.8, 4) is 11.5 Å². The second-order valence-corrected chi connectivity index (χ2v) is 9.57. The monoisotopic (exact) mass is 482 g/mol.